The lowest BCUT2D eigenvalue weighted by atomic mass is 10.1. The first-order valence-electron chi connectivity index (χ1n) is 4.95. The zero-order valence-corrected chi connectivity index (χ0v) is 7.71. The van der Waals surface area contributed by atoms with Crippen LogP contribution in [-0.4, -0.2) is 0 Å². The van der Waals surface area contributed by atoms with Crippen molar-refractivity contribution in [2.24, 2.45) is 0 Å². The Balaban J connectivity index is 2.30. The fraction of sp³-hybridized carbons (Fsp3) is 0.500. The SMILES string of the molecule is C1=C\CC/C=C/CC/C=C/CC/1. The first-order chi connectivity index (χ1) is 6.00. The highest BCUT2D eigenvalue weighted by Gasteiger charge is 1.82. The lowest BCUT2D eigenvalue weighted by molar-refractivity contribution is 0.962. The van der Waals surface area contributed by atoms with Gasteiger partial charge in [0, 0.05) is 0 Å². The molecular weight excluding hydrogens is 144 g/mol. The standard InChI is InChI=1S/C12H18/c1-2-4-6-8-10-12-11-9-7-5-3-1/h1-2,7-10H,3-6,11-12H2/b2-1-,9-7+,10-8+. The van der Waals surface area contributed by atoms with Gasteiger partial charge in [-0.3, -0.25) is 0 Å². The van der Waals surface area contributed by atoms with Gasteiger partial charge in [0.15, 0.2) is 0 Å². The molecule has 0 N–H and O–H groups in total. The van der Waals surface area contributed by atoms with Crippen LogP contribution in [0.2, 0.25) is 0 Å². The second-order valence-corrected chi connectivity index (χ2v) is 3.15. The number of hydrogen-bond donors (Lipinski definition) is 0. The summed E-state index contributed by atoms with van der Waals surface area (Å²) in [5.41, 5.74) is 0. The Morgan fingerprint density at radius 1 is 0.333 bits per heavy atom. The first kappa shape index (κ1) is 9.31. The Hall–Kier alpha value is -0.780. The molecule has 1 aliphatic rings. The minimum Gasteiger partial charge on any atom is -0.0882 e. The van der Waals surface area contributed by atoms with Crippen LogP contribution in [0.4, 0.5) is 0 Å². The van der Waals surface area contributed by atoms with Crippen molar-refractivity contribution in [1.29, 1.82) is 0 Å². The van der Waals surface area contributed by atoms with Crippen molar-refractivity contribution in [3.8, 4) is 0 Å². The molecular formula is C12H18. The normalized spacial score (nSPS) is 28.0. The Kier molecular flexibility index (Phi) is 5.35. The molecule has 0 nitrogen and oxygen atoms in total. The largest absolute Gasteiger partial charge is 0.0882 e. The second-order valence-electron chi connectivity index (χ2n) is 3.15. The van der Waals surface area contributed by atoms with Crippen LogP contribution in [0, 0.1) is 0 Å². The van der Waals surface area contributed by atoms with E-state index < -0.39 is 0 Å². The zero-order valence-electron chi connectivity index (χ0n) is 7.71. The molecule has 0 unspecified atom stereocenters. The Morgan fingerprint density at radius 3 is 0.667 bits per heavy atom. The summed E-state index contributed by atoms with van der Waals surface area (Å²) in [5, 5.41) is 0. The van der Waals surface area contributed by atoms with Crippen LogP contribution in [0.15, 0.2) is 36.5 Å². The van der Waals surface area contributed by atoms with Gasteiger partial charge in [0.1, 0.15) is 0 Å². The van der Waals surface area contributed by atoms with Crippen LogP contribution in [0.3, 0.4) is 0 Å². The maximum Gasteiger partial charge on any atom is -0.0316 e. The van der Waals surface area contributed by atoms with Gasteiger partial charge in [-0.2, -0.15) is 0 Å². The topological polar surface area (TPSA) is 0 Å². The average molecular weight is 162 g/mol. The van der Waals surface area contributed by atoms with Crippen LogP contribution >= 0.6 is 0 Å². The van der Waals surface area contributed by atoms with Gasteiger partial charge in [-0.05, 0) is 38.5 Å². The molecule has 0 atom stereocenters. The molecule has 0 spiro atoms. The number of hydrogen-bond acceptors (Lipinski definition) is 0. The molecule has 0 saturated carbocycles. The Bertz CT molecular complexity index is 121. The summed E-state index contributed by atoms with van der Waals surface area (Å²) in [6, 6.07) is 0. The highest BCUT2D eigenvalue weighted by atomic mass is 13.9. The molecule has 0 heterocycles. The highest BCUT2D eigenvalue weighted by molar-refractivity contribution is 4.93. The molecule has 0 aromatic heterocycles. The predicted octanol–water partition coefficient (Wildman–Crippen LogP) is 4.01. The van der Waals surface area contributed by atoms with Crippen molar-refractivity contribution in [2.45, 2.75) is 38.5 Å². The molecule has 0 aliphatic heterocycles. The van der Waals surface area contributed by atoms with E-state index in [4.69, 9.17) is 0 Å². The monoisotopic (exact) mass is 162 g/mol. The summed E-state index contributed by atoms with van der Waals surface area (Å²) in [6.45, 7) is 0. The smallest absolute Gasteiger partial charge is 0.0316 e. The lowest BCUT2D eigenvalue weighted by Crippen LogP contribution is -1.71. The first-order valence-corrected chi connectivity index (χ1v) is 4.95. The van der Waals surface area contributed by atoms with Gasteiger partial charge in [0.25, 0.3) is 0 Å². The van der Waals surface area contributed by atoms with E-state index in [9.17, 15) is 0 Å². The predicted molar refractivity (Wildman–Crippen MR) is 55.1 cm³/mol. The molecule has 1 rings (SSSR count). The number of allylic oxidation sites excluding steroid dienone is 6. The van der Waals surface area contributed by atoms with Gasteiger partial charge in [-0.25, -0.2) is 0 Å². The van der Waals surface area contributed by atoms with Gasteiger partial charge in [0.05, 0.1) is 0 Å². The van der Waals surface area contributed by atoms with Crippen molar-refractivity contribution in [3.63, 3.8) is 0 Å². The highest BCUT2D eigenvalue weighted by Crippen LogP contribution is 2.02. The fourth-order valence-electron chi connectivity index (χ4n) is 1.28. The van der Waals surface area contributed by atoms with Crippen molar-refractivity contribution in [3.05, 3.63) is 36.5 Å². The van der Waals surface area contributed by atoms with Gasteiger partial charge in [0.2, 0.25) is 0 Å². The van der Waals surface area contributed by atoms with E-state index in [1.807, 2.05) is 0 Å². The van der Waals surface area contributed by atoms with E-state index in [1.54, 1.807) is 0 Å². The van der Waals surface area contributed by atoms with E-state index in [1.165, 1.54) is 38.5 Å². The van der Waals surface area contributed by atoms with Gasteiger partial charge in [-0.15, -0.1) is 0 Å². The maximum absolute atomic E-state index is 2.29. The van der Waals surface area contributed by atoms with E-state index >= 15 is 0 Å². The molecule has 0 fully saturated rings. The summed E-state index contributed by atoms with van der Waals surface area (Å²) < 4.78 is 0. The summed E-state index contributed by atoms with van der Waals surface area (Å²) in [6.07, 6.45) is 21.0. The van der Waals surface area contributed by atoms with E-state index in [-0.39, 0.29) is 0 Å². The van der Waals surface area contributed by atoms with Crippen molar-refractivity contribution < 1.29 is 0 Å². The minimum absolute atomic E-state index is 1.21. The molecule has 1 aliphatic carbocycles. The molecule has 0 radical (unpaired) electrons. The zero-order chi connectivity index (χ0) is 8.49. The molecule has 0 bridgehead atoms. The second kappa shape index (κ2) is 6.90. The van der Waals surface area contributed by atoms with Crippen LogP contribution in [0.5, 0.6) is 0 Å². The summed E-state index contributed by atoms with van der Waals surface area (Å²) in [5.74, 6) is 0. The van der Waals surface area contributed by atoms with Crippen LogP contribution in [0.25, 0.3) is 0 Å². The van der Waals surface area contributed by atoms with Gasteiger partial charge < -0.3 is 0 Å². The third kappa shape index (κ3) is 4.95. The Labute approximate surface area is 75.7 Å². The van der Waals surface area contributed by atoms with Gasteiger partial charge in [-0.1, -0.05) is 36.5 Å². The van der Waals surface area contributed by atoms with E-state index in [0.717, 1.165) is 0 Å². The summed E-state index contributed by atoms with van der Waals surface area (Å²) >= 11 is 0. The molecule has 0 aromatic rings. The lowest BCUT2D eigenvalue weighted by Gasteiger charge is -1.92. The van der Waals surface area contributed by atoms with Gasteiger partial charge >= 0.3 is 0 Å². The van der Waals surface area contributed by atoms with Crippen molar-refractivity contribution in [1.82, 2.24) is 0 Å². The van der Waals surface area contributed by atoms with Crippen molar-refractivity contribution in [2.75, 3.05) is 0 Å². The third-order valence-corrected chi connectivity index (χ3v) is 2.00. The third-order valence-electron chi connectivity index (χ3n) is 2.00. The number of rotatable bonds is 0. The van der Waals surface area contributed by atoms with Crippen molar-refractivity contribution >= 4 is 0 Å². The summed E-state index contributed by atoms with van der Waals surface area (Å²) in [4.78, 5) is 0. The van der Waals surface area contributed by atoms with Crippen LogP contribution < -0.4 is 0 Å². The van der Waals surface area contributed by atoms with E-state index in [2.05, 4.69) is 36.5 Å². The van der Waals surface area contributed by atoms with Crippen LogP contribution in [-0.2, 0) is 0 Å². The fourth-order valence-corrected chi connectivity index (χ4v) is 1.28. The molecule has 0 saturated heterocycles. The molecule has 0 heteroatoms. The average Bonchev–Trinajstić information content (AvgIpc) is 2.05. The Morgan fingerprint density at radius 2 is 0.500 bits per heavy atom. The summed E-state index contributed by atoms with van der Waals surface area (Å²) in [7, 11) is 0. The molecule has 12 heavy (non-hydrogen) atoms. The van der Waals surface area contributed by atoms with E-state index in [0.29, 0.717) is 0 Å². The molecule has 0 aromatic carbocycles. The quantitative estimate of drug-likeness (QED) is 0.472. The maximum atomic E-state index is 2.29. The van der Waals surface area contributed by atoms with Crippen LogP contribution in [0.1, 0.15) is 38.5 Å². The molecule has 0 amide bonds. The molecule has 66 valence electrons. The minimum atomic E-state index is 1.21.